The lowest BCUT2D eigenvalue weighted by Gasteiger charge is -2.27. The van der Waals surface area contributed by atoms with Crippen LogP contribution in [0.4, 0.5) is 5.69 Å². The molecule has 0 radical (unpaired) electrons. The maximum atomic E-state index is 12.3. The highest BCUT2D eigenvalue weighted by atomic mass is 35.5. The summed E-state index contributed by atoms with van der Waals surface area (Å²) < 4.78 is 4.65. The van der Waals surface area contributed by atoms with Gasteiger partial charge >= 0.3 is 5.97 Å². The van der Waals surface area contributed by atoms with Gasteiger partial charge in [-0.1, -0.05) is 24.4 Å². The van der Waals surface area contributed by atoms with Gasteiger partial charge in [0.1, 0.15) is 0 Å². The molecular formula is C15H19ClN2O3. The standard InChI is InChI=1S/C15H19ClN2O3/c1-21-15(20)9-6-7-11(16)13(8-9)18-14(19)10-4-2-3-5-12(10)17/h6-8,10,12H,2-5,17H2,1H3,(H,18,19). The number of hydrogen-bond donors (Lipinski definition) is 2. The van der Waals surface area contributed by atoms with Crippen molar-refractivity contribution in [1.82, 2.24) is 0 Å². The molecule has 6 heteroatoms. The molecule has 1 saturated carbocycles. The number of rotatable bonds is 3. The molecule has 0 heterocycles. The van der Waals surface area contributed by atoms with Crippen LogP contribution in [0.5, 0.6) is 0 Å². The highest BCUT2D eigenvalue weighted by molar-refractivity contribution is 6.33. The number of anilines is 1. The maximum absolute atomic E-state index is 12.3. The van der Waals surface area contributed by atoms with Crippen molar-refractivity contribution in [3.8, 4) is 0 Å². The fraction of sp³-hybridized carbons (Fsp3) is 0.467. The molecule has 0 spiro atoms. The van der Waals surface area contributed by atoms with Gasteiger partial charge in [-0.15, -0.1) is 0 Å². The minimum absolute atomic E-state index is 0.124. The van der Waals surface area contributed by atoms with Crippen LogP contribution in [-0.2, 0) is 9.53 Å². The van der Waals surface area contributed by atoms with E-state index in [0.717, 1.165) is 25.7 Å². The van der Waals surface area contributed by atoms with Crippen LogP contribution in [-0.4, -0.2) is 25.0 Å². The van der Waals surface area contributed by atoms with Crippen molar-refractivity contribution in [2.24, 2.45) is 11.7 Å². The molecule has 3 N–H and O–H groups in total. The maximum Gasteiger partial charge on any atom is 0.337 e. The van der Waals surface area contributed by atoms with Crippen LogP contribution in [0.3, 0.4) is 0 Å². The van der Waals surface area contributed by atoms with Gasteiger partial charge in [0.15, 0.2) is 0 Å². The molecule has 114 valence electrons. The largest absolute Gasteiger partial charge is 0.465 e. The third kappa shape index (κ3) is 3.74. The van der Waals surface area contributed by atoms with Gasteiger partial charge in [-0.25, -0.2) is 4.79 Å². The van der Waals surface area contributed by atoms with Gasteiger partial charge in [-0.2, -0.15) is 0 Å². The average molecular weight is 311 g/mol. The zero-order chi connectivity index (χ0) is 15.4. The molecule has 1 aromatic rings. The van der Waals surface area contributed by atoms with Crippen LogP contribution in [0, 0.1) is 5.92 Å². The molecule has 1 aliphatic carbocycles. The molecule has 0 aliphatic heterocycles. The molecule has 1 fully saturated rings. The first-order valence-corrected chi connectivity index (χ1v) is 7.35. The second kappa shape index (κ2) is 6.91. The van der Waals surface area contributed by atoms with E-state index in [0.29, 0.717) is 16.3 Å². The van der Waals surface area contributed by atoms with E-state index >= 15 is 0 Å². The first-order chi connectivity index (χ1) is 10.0. The van der Waals surface area contributed by atoms with E-state index in [9.17, 15) is 9.59 Å². The molecule has 5 nitrogen and oxygen atoms in total. The van der Waals surface area contributed by atoms with Gasteiger partial charge in [0.05, 0.1) is 29.3 Å². The van der Waals surface area contributed by atoms with Gasteiger partial charge in [0.2, 0.25) is 5.91 Å². The Hall–Kier alpha value is -1.59. The molecule has 21 heavy (non-hydrogen) atoms. The van der Waals surface area contributed by atoms with Crippen molar-refractivity contribution in [2.45, 2.75) is 31.7 Å². The third-order valence-electron chi connectivity index (χ3n) is 3.80. The molecule has 0 aromatic heterocycles. The summed E-state index contributed by atoms with van der Waals surface area (Å²) in [4.78, 5) is 23.8. The summed E-state index contributed by atoms with van der Waals surface area (Å²) >= 11 is 6.07. The highest BCUT2D eigenvalue weighted by Gasteiger charge is 2.28. The molecule has 1 amide bonds. The van der Waals surface area contributed by atoms with Gasteiger partial charge in [-0.05, 0) is 31.0 Å². The Morgan fingerprint density at radius 2 is 2.05 bits per heavy atom. The van der Waals surface area contributed by atoms with E-state index in [4.69, 9.17) is 17.3 Å². The number of esters is 1. The van der Waals surface area contributed by atoms with Crippen LogP contribution in [0.1, 0.15) is 36.0 Å². The lowest BCUT2D eigenvalue weighted by molar-refractivity contribution is -0.121. The molecule has 2 atom stereocenters. The Morgan fingerprint density at radius 3 is 2.71 bits per heavy atom. The summed E-state index contributed by atoms with van der Waals surface area (Å²) in [6.07, 6.45) is 3.70. The monoisotopic (exact) mass is 310 g/mol. The predicted molar refractivity (Wildman–Crippen MR) is 81.4 cm³/mol. The van der Waals surface area contributed by atoms with Crippen LogP contribution in [0.2, 0.25) is 5.02 Å². The number of methoxy groups -OCH3 is 1. The van der Waals surface area contributed by atoms with Crippen molar-refractivity contribution in [3.63, 3.8) is 0 Å². The van der Waals surface area contributed by atoms with E-state index in [1.165, 1.54) is 13.2 Å². The minimum Gasteiger partial charge on any atom is -0.465 e. The van der Waals surface area contributed by atoms with E-state index in [2.05, 4.69) is 10.1 Å². The number of amides is 1. The Bertz CT molecular complexity index is 548. The lowest BCUT2D eigenvalue weighted by atomic mass is 9.84. The first kappa shape index (κ1) is 15.8. The molecule has 2 rings (SSSR count). The number of nitrogens with two attached hydrogens (primary N) is 1. The normalized spacial score (nSPS) is 21.7. The molecule has 0 saturated heterocycles. The van der Waals surface area contributed by atoms with Crippen molar-refractivity contribution >= 4 is 29.2 Å². The number of carbonyl (C=O) groups is 2. The van der Waals surface area contributed by atoms with Gasteiger partial charge in [0, 0.05) is 6.04 Å². The summed E-state index contributed by atoms with van der Waals surface area (Å²) in [5.74, 6) is -0.834. The number of nitrogens with one attached hydrogen (secondary N) is 1. The van der Waals surface area contributed by atoms with E-state index in [1.54, 1.807) is 12.1 Å². The zero-order valence-corrected chi connectivity index (χ0v) is 12.7. The van der Waals surface area contributed by atoms with Crippen molar-refractivity contribution in [1.29, 1.82) is 0 Å². The van der Waals surface area contributed by atoms with Crippen LogP contribution >= 0.6 is 11.6 Å². The first-order valence-electron chi connectivity index (χ1n) is 6.97. The number of benzene rings is 1. The van der Waals surface area contributed by atoms with Gasteiger partial charge < -0.3 is 15.8 Å². The van der Waals surface area contributed by atoms with E-state index in [1.807, 2.05) is 0 Å². The zero-order valence-electron chi connectivity index (χ0n) is 11.9. The molecule has 1 aliphatic rings. The number of halogens is 1. The molecule has 2 unspecified atom stereocenters. The van der Waals surface area contributed by atoms with Crippen molar-refractivity contribution in [3.05, 3.63) is 28.8 Å². The summed E-state index contributed by atoms with van der Waals surface area (Å²) in [5, 5.41) is 3.15. The summed E-state index contributed by atoms with van der Waals surface area (Å²) in [7, 11) is 1.30. The lowest BCUT2D eigenvalue weighted by Crippen LogP contribution is -2.40. The van der Waals surface area contributed by atoms with Crippen LogP contribution in [0.25, 0.3) is 0 Å². The summed E-state index contributed by atoms with van der Waals surface area (Å²) in [6.45, 7) is 0. The molecule has 0 bridgehead atoms. The molecule has 1 aromatic carbocycles. The fourth-order valence-electron chi connectivity index (χ4n) is 2.58. The predicted octanol–water partition coefficient (Wildman–Crippen LogP) is 2.58. The quantitative estimate of drug-likeness (QED) is 0.841. The Morgan fingerprint density at radius 1 is 1.33 bits per heavy atom. The Balaban J connectivity index is 2.14. The average Bonchev–Trinajstić information content (AvgIpc) is 2.49. The topological polar surface area (TPSA) is 81.4 Å². The van der Waals surface area contributed by atoms with Crippen LogP contribution < -0.4 is 11.1 Å². The second-order valence-corrected chi connectivity index (χ2v) is 5.64. The summed E-state index contributed by atoms with van der Waals surface area (Å²) in [5.41, 5.74) is 6.75. The second-order valence-electron chi connectivity index (χ2n) is 5.23. The van der Waals surface area contributed by atoms with Crippen LogP contribution in [0.15, 0.2) is 18.2 Å². The fourth-order valence-corrected chi connectivity index (χ4v) is 2.74. The van der Waals surface area contributed by atoms with Crippen molar-refractivity contribution < 1.29 is 14.3 Å². The van der Waals surface area contributed by atoms with E-state index < -0.39 is 5.97 Å². The van der Waals surface area contributed by atoms with Gasteiger partial charge in [0.25, 0.3) is 0 Å². The minimum atomic E-state index is -0.475. The smallest absolute Gasteiger partial charge is 0.337 e. The third-order valence-corrected chi connectivity index (χ3v) is 4.13. The number of hydrogen-bond acceptors (Lipinski definition) is 4. The van der Waals surface area contributed by atoms with E-state index in [-0.39, 0.29) is 17.9 Å². The summed E-state index contributed by atoms with van der Waals surface area (Å²) in [6, 6.07) is 4.50. The number of ether oxygens (including phenoxy) is 1. The molecular weight excluding hydrogens is 292 g/mol. The highest BCUT2D eigenvalue weighted by Crippen LogP contribution is 2.27. The number of carbonyl (C=O) groups excluding carboxylic acids is 2. The van der Waals surface area contributed by atoms with Gasteiger partial charge in [-0.3, -0.25) is 4.79 Å². The Labute approximate surface area is 128 Å². The SMILES string of the molecule is COC(=O)c1ccc(Cl)c(NC(=O)C2CCCCC2N)c1. The Kier molecular flexibility index (Phi) is 5.20. The van der Waals surface area contributed by atoms with Crippen molar-refractivity contribution in [2.75, 3.05) is 12.4 Å².